The molecule has 492 valence electrons. The topological polar surface area (TPSA) is 311 Å². The van der Waals surface area contributed by atoms with E-state index in [1.807, 2.05) is 20.8 Å². The Labute approximate surface area is 509 Å². The fourth-order valence-corrected chi connectivity index (χ4v) is 17.2. The summed E-state index contributed by atoms with van der Waals surface area (Å²) < 4.78 is 94.3. The van der Waals surface area contributed by atoms with Crippen LogP contribution in [0.25, 0.3) is 0 Å². The van der Waals surface area contributed by atoms with E-state index in [1.54, 1.807) is 58.4 Å². The van der Waals surface area contributed by atoms with Gasteiger partial charge >= 0.3 is 11.9 Å². The van der Waals surface area contributed by atoms with Crippen molar-refractivity contribution in [2.75, 3.05) is 27.9 Å². The van der Waals surface area contributed by atoms with Gasteiger partial charge in [0.15, 0.2) is 31.5 Å². The van der Waals surface area contributed by atoms with Crippen molar-refractivity contribution >= 4 is 17.7 Å². The van der Waals surface area contributed by atoms with E-state index in [-0.39, 0.29) is 48.9 Å². The summed E-state index contributed by atoms with van der Waals surface area (Å²) in [4.78, 5) is 40.7. The van der Waals surface area contributed by atoms with Crippen LogP contribution in [0.15, 0.2) is 30.3 Å². The van der Waals surface area contributed by atoms with Gasteiger partial charge in [-0.2, -0.15) is 0 Å². The number of aliphatic hydroxyl groups excluding tert-OH is 5. The van der Waals surface area contributed by atoms with Gasteiger partial charge in [-0.3, -0.25) is 9.59 Å². The highest BCUT2D eigenvalue weighted by Gasteiger charge is 2.76. The van der Waals surface area contributed by atoms with Crippen LogP contribution in [-0.2, 0) is 80.6 Å². The van der Waals surface area contributed by atoms with Crippen molar-refractivity contribution in [3.8, 4) is 0 Å². The Hall–Kier alpha value is -2.93. The van der Waals surface area contributed by atoms with E-state index in [0.717, 1.165) is 6.42 Å². The average Bonchev–Trinajstić information content (AvgIpc) is 1.66. The summed E-state index contributed by atoms with van der Waals surface area (Å²) in [5.74, 6) is -2.47. The molecule has 9 aliphatic rings. The number of benzene rings is 1. The molecule has 0 aromatic heterocycles. The maximum Gasteiger partial charge on any atom is 0.338 e. The zero-order valence-electron chi connectivity index (χ0n) is 52.1. The van der Waals surface area contributed by atoms with Crippen LogP contribution in [0.4, 0.5) is 0 Å². The summed E-state index contributed by atoms with van der Waals surface area (Å²) >= 11 is 0. The minimum absolute atomic E-state index is 0.0851. The highest BCUT2D eigenvalue weighted by atomic mass is 16.8. The lowest BCUT2D eigenvalue weighted by molar-refractivity contribution is -0.358. The Balaban J connectivity index is 0.721. The summed E-state index contributed by atoms with van der Waals surface area (Å²) in [7, 11) is 4.68. The third kappa shape index (κ3) is 13.0. The van der Waals surface area contributed by atoms with Crippen molar-refractivity contribution < 1.29 is 116 Å². The van der Waals surface area contributed by atoms with Crippen LogP contribution in [0.3, 0.4) is 0 Å². The quantitative estimate of drug-likeness (QED) is 0.0906. The third-order valence-electron chi connectivity index (χ3n) is 21.7. The highest BCUT2D eigenvalue weighted by Crippen LogP contribution is 2.70. The van der Waals surface area contributed by atoms with Gasteiger partial charge in [0, 0.05) is 71.2 Å². The smallest absolute Gasteiger partial charge is 0.338 e. The molecule has 0 radical (unpaired) electrons. The molecule has 10 rings (SSSR count). The van der Waals surface area contributed by atoms with Crippen LogP contribution < -0.4 is 0 Å². The summed E-state index contributed by atoms with van der Waals surface area (Å²) in [6.07, 6.45) is -15.2. The normalized spacial score (nSPS) is 49.2. The number of methoxy groups -OCH3 is 3. The molecular weight excluding hydrogens is 1140 g/mol. The van der Waals surface area contributed by atoms with Gasteiger partial charge in [-0.25, -0.2) is 4.79 Å². The zero-order valence-corrected chi connectivity index (χ0v) is 52.1. The van der Waals surface area contributed by atoms with Gasteiger partial charge in [0.2, 0.25) is 0 Å². The van der Waals surface area contributed by atoms with Crippen molar-refractivity contribution in [1.82, 2.24) is 0 Å². The van der Waals surface area contributed by atoms with Gasteiger partial charge in [0.1, 0.15) is 66.8 Å². The van der Waals surface area contributed by atoms with Crippen molar-refractivity contribution in [2.24, 2.45) is 34.5 Å². The number of Topliss-reactive ketones (excluding diaryl/α,β-unsaturated/α-hetero) is 1. The monoisotopic (exact) mass is 1240 g/mol. The molecule has 6 N–H and O–H groups in total. The lowest BCUT2D eigenvalue weighted by Crippen LogP contribution is -2.73. The van der Waals surface area contributed by atoms with Crippen LogP contribution in [-0.4, -0.2) is 229 Å². The predicted octanol–water partition coefficient (Wildman–Crippen LogP) is 3.40. The second-order valence-corrected chi connectivity index (χ2v) is 26.6. The van der Waals surface area contributed by atoms with Gasteiger partial charge < -0.3 is 102 Å². The number of rotatable bonds is 18. The fraction of sp³-hybridized carbons (Fsp3) is 0.857. The van der Waals surface area contributed by atoms with Gasteiger partial charge in [0.05, 0.1) is 72.7 Å². The predicted molar refractivity (Wildman–Crippen MR) is 302 cm³/mol. The van der Waals surface area contributed by atoms with Crippen molar-refractivity contribution in [2.45, 2.75) is 279 Å². The molecule has 1 aromatic carbocycles. The van der Waals surface area contributed by atoms with Gasteiger partial charge in [0.25, 0.3) is 0 Å². The molecular formula is C63H96O24. The average molecular weight is 1240 g/mol. The van der Waals surface area contributed by atoms with Crippen molar-refractivity contribution in [3.63, 3.8) is 0 Å². The third-order valence-corrected chi connectivity index (χ3v) is 21.7. The van der Waals surface area contributed by atoms with E-state index in [1.165, 1.54) is 21.0 Å². The van der Waals surface area contributed by atoms with Crippen LogP contribution in [0.1, 0.15) is 136 Å². The van der Waals surface area contributed by atoms with E-state index in [4.69, 9.17) is 71.1 Å². The number of hydrogen-bond acceptors (Lipinski definition) is 24. The lowest BCUT2D eigenvalue weighted by Gasteiger charge is -2.66. The molecule has 5 heterocycles. The summed E-state index contributed by atoms with van der Waals surface area (Å²) in [6, 6.07) is 8.61. The molecule has 31 atom stereocenters. The van der Waals surface area contributed by atoms with Crippen LogP contribution in [0.5, 0.6) is 0 Å². The van der Waals surface area contributed by atoms with E-state index in [0.29, 0.717) is 50.5 Å². The fourth-order valence-electron chi connectivity index (χ4n) is 17.2. The summed E-state index contributed by atoms with van der Waals surface area (Å²) in [5.41, 5.74) is -2.73. The second kappa shape index (κ2) is 27.3. The zero-order chi connectivity index (χ0) is 62.6. The van der Waals surface area contributed by atoms with E-state index < -0.39 is 182 Å². The van der Waals surface area contributed by atoms with Crippen LogP contribution in [0, 0.1) is 34.5 Å². The van der Waals surface area contributed by atoms with Gasteiger partial charge in [-0.1, -0.05) is 32.0 Å². The Morgan fingerprint density at radius 2 is 1.11 bits per heavy atom. The highest BCUT2D eigenvalue weighted by molar-refractivity contribution is 5.89. The Bertz CT molecular complexity index is 2460. The lowest BCUT2D eigenvalue weighted by atomic mass is 9.41. The molecule has 4 aliphatic carbocycles. The molecule has 0 amide bonds. The SMILES string of the molecule is COC1CC(OC2CCC3(C)C(CCC4C3C(OC(C)=O)C(OC(=O)c3ccccc3)C3(C)C(C(C)=O)CCC43O)C2)OC(C)C1OC1CC(O)C(OC2CC(OC)C(OC3CC(OC)C(OC4OC(CO)C(O)C(O)C4O)C(C)O3)C(C)O2)C(C)O1. The van der Waals surface area contributed by atoms with E-state index in [9.17, 15) is 45.0 Å². The molecule has 87 heavy (non-hydrogen) atoms. The molecule has 24 heteroatoms. The minimum Gasteiger partial charge on any atom is -0.458 e. The molecule has 0 bridgehead atoms. The second-order valence-electron chi connectivity index (χ2n) is 26.6. The summed E-state index contributed by atoms with van der Waals surface area (Å²) in [5, 5.41) is 65.7. The van der Waals surface area contributed by atoms with Gasteiger partial charge in [-0.15, -0.1) is 0 Å². The first-order chi connectivity index (χ1) is 41.4. The first kappa shape index (κ1) is 67.0. The van der Waals surface area contributed by atoms with E-state index >= 15 is 0 Å². The van der Waals surface area contributed by atoms with Crippen molar-refractivity contribution in [3.05, 3.63) is 35.9 Å². The standard InChI is InChI=1S/C63H96O24/c1-29(65)38-20-22-63(72)39-18-17-36-23-37(19-21-61(36,7)49(39)57(80-34(6)66)58(62(38,63)8)87-59(71)35-15-13-12-14-16-35)81-46-25-41(73-9)54(31(3)77-46)84-45-24-40(67)53(30(2)76-45)83-47-26-42(74-10)55(32(4)78-47)85-48-27-43(75-11)56(33(5)79-48)86-60-52(70)51(69)50(68)44(28-64)82-60/h12-16,30-33,36-58,60,64,67-70,72H,17-28H2,1-11H3. The molecule has 5 aliphatic heterocycles. The molecule has 4 saturated carbocycles. The number of esters is 2. The van der Waals surface area contributed by atoms with Crippen molar-refractivity contribution in [1.29, 1.82) is 0 Å². The first-order valence-corrected chi connectivity index (χ1v) is 31.5. The molecule has 0 spiro atoms. The molecule has 5 saturated heterocycles. The first-order valence-electron chi connectivity index (χ1n) is 31.5. The molecule has 24 nitrogen and oxygen atoms in total. The Kier molecular flexibility index (Phi) is 21.0. The number of aliphatic hydroxyl groups is 6. The largest absolute Gasteiger partial charge is 0.458 e. The Morgan fingerprint density at radius 1 is 0.586 bits per heavy atom. The minimum atomic E-state index is -1.61. The number of ketones is 1. The van der Waals surface area contributed by atoms with Crippen LogP contribution in [0.2, 0.25) is 0 Å². The number of carbonyl (C=O) groups excluding carboxylic acids is 3. The summed E-state index contributed by atoms with van der Waals surface area (Å²) in [6.45, 7) is 13.6. The number of fused-ring (bicyclic) bond motifs is 5. The maximum atomic E-state index is 14.0. The van der Waals surface area contributed by atoms with E-state index in [2.05, 4.69) is 6.92 Å². The Morgan fingerprint density at radius 3 is 1.64 bits per heavy atom. The molecule has 31 unspecified atom stereocenters. The molecule has 9 fully saturated rings. The number of carbonyl (C=O) groups is 3. The maximum absolute atomic E-state index is 14.0. The number of hydrogen-bond donors (Lipinski definition) is 6. The molecule has 1 aromatic rings. The number of ether oxygens (including phenoxy) is 15. The van der Waals surface area contributed by atoms with Gasteiger partial charge in [-0.05, 0) is 109 Å². The van der Waals surface area contributed by atoms with Crippen LogP contribution >= 0.6 is 0 Å².